The lowest BCUT2D eigenvalue weighted by atomic mass is 10.2. The standard InChI is InChI=1S/C16H10Cl3F3N2O2S/c17-10-4-2-1-3-9(10)13(25)24-15(27)23-8-5-6-12(11(18)7-8)26-16(21,22)14(19)20/h1-7,14H,(H2,23,24,25,27). The minimum Gasteiger partial charge on any atom is -0.428 e. The zero-order chi connectivity index (χ0) is 20.2. The van der Waals surface area contributed by atoms with Gasteiger partial charge in [-0.15, -0.1) is 0 Å². The quantitative estimate of drug-likeness (QED) is 0.451. The van der Waals surface area contributed by atoms with Crippen LogP contribution in [0.1, 0.15) is 10.4 Å². The largest absolute Gasteiger partial charge is 0.444 e. The molecule has 2 N–H and O–H groups in total. The number of anilines is 1. The Bertz CT molecular complexity index is 869. The van der Waals surface area contributed by atoms with Crippen LogP contribution in [-0.4, -0.2) is 22.8 Å². The zero-order valence-corrected chi connectivity index (χ0v) is 16.2. The van der Waals surface area contributed by atoms with E-state index in [4.69, 9.17) is 47.0 Å². The summed E-state index contributed by atoms with van der Waals surface area (Å²) in [5, 5.41) is 4.96. The molecule has 0 aromatic heterocycles. The van der Waals surface area contributed by atoms with Crippen molar-refractivity contribution in [1.82, 2.24) is 5.32 Å². The number of nitrogens with one attached hydrogen (secondary N) is 2. The van der Waals surface area contributed by atoms with Crippen molar-refractivity contribution in [2.24, 2.45) is 0 Å². The van der Waals surface area contributed by atoms with Crippen molar-refractivity contribution in [3.63, 3.8) is 0 Å². The van der Waals surface area contributed by atoms with E-state index in [1.54, 1.807) is 18.2 Å². The average Bonchev–Trinajstić information content (AvgIpc) is 2.57. The second-order valence-corrected chi connectivity index (χ2v) is 6.60. The Labute approximate surface area is 172 Å². The van der Waals surface area contributed by atoms with Gasteiger partial charge in [-0.1, -0.05) is 46.9 Å². The van der Waals surface area contributed by atoms with Crippen LogP contribution in [0.15, 0.2) is 42.5 Å². The highest BCUT2D eigenvalue weighted by Gasteiger charge is 2.42. The van der Waals surface area contributed by atoms with E-state index in [2.05, 4.69) is 15.4 Å². The molecule has 0 aliphatic carbocycles. The number of amides is 1. The van der Waals surface area contributed by atoms with Crippen molar-refractivity contribution in [3.05, 3.63) is 58.1 Å². The van der Waals surface area contributed by atoms with E-state index in [-0.39, 0.29) is 26.4 Å². The van der Waals surface area contributed by atoms with Gasteiger partial charge in [0.1, 0.15) is 5.75 Å². The molecule has 144 valence electrons. The maximum absolute atomic E-state index is 13.2. The number of carbonyl (C=O) groups excluding carboxylic acids is 1. The van der Waals surface area contributed by atoms with Crippen LogP contribution in [0.3, 0.4) is 0 Å². The van der Waals surface area contributed by atoms with Crippen molar-refractivity contribution in [1.29, 1.82) is 0 Å². The summed E-state index contributed by atoms with van der Waals surface area (Å²) in [6.07, 6.45) is -4.25. The molecule has 0 saturated carbocycles. The Hall–Kier alpha value is -1.74. The number of benzene rings is 2. The van der Waals surface area contributed by atoms with Gasteiger partial charge in [-0.05, 0) is 42.5 Å². The van der Waals surface area contributed by atoms with Gasteiger partial charge in [0.25, 0.3) is 11.5 Å². The molecule has 4 nitrogen and oxygen atoms in total. The molecule has 27 heavy (non-hydrogen) atoms. The van der Waals surface area contributed by atoms with E-state index in [0.29, 0.717) is 0 Å². The number of hydrogen-bond acceptors (Lipinski definition) is 3. The third-order valence-electron chi connectivity index (χ3n) is 3.04. The van der Waals surface area contributed by atoms with Gasteiger partial charge >= 0.3 is 6.11 Å². The Balaban J connectivity index is 2.03. The molecule has 0 fully saturated rings. The fourth-order valence-electron chi connectivity index (χ4n) is 1.83. The summed E-state index contributed by atoms with van der Waals surface area (Å²) in [5.41, 5.74) is -2.56. The van der Waals surface area contributed by atoms with Crippen LogP contribution in [0.4, 0.5) is 18.9 Å². The normalized spacial score (nSPS) is 12.2. The molecule has 2 aromatic rings. The molecule has 0 aliphatic heterocycles. The molecule has 2 aromatic carbocycles. The van der Waals surface area contributed by atoms with Crippen LogP contribution >= 0.6 is 47.0 Å². The molecule has 1 atom stereocenters. The van der Waals surface area contributed by atoms with Gasteiger partial charge in [0, 0.05) is 5.69 Å². The number of hydrogen-bond donors (Lipinski definition) is 2. The van der Waals surface area contributed by atoms with Crippen molar-refractivity contribution in [3.8, 4) is 5.75 Å². The van der Waals surface area contributed by atoms with Gasteiger partial charge in [-0.2, -0.15) is 8.78 Å². The fraction of sp³-hybridized carbons (Fsp3) is 0.125. The number of thiocarbonyl (C=S) groups is 1. The predicted octanol–water partition coefficient (Wildman–Crippen LogP) is 5.63. The number of carbonyl (C=O) groups is 1. The van der Waals surface area contributed by atoms with Crippen LogP contribution in [-0.2, 0) is 0 Å². The van der Waals surface area contributed by atoms with E-state index < -0.39 is 23.4 Å². The van der Waals surface area contributed by atoms with Gasteiger partial charge in [0.05, 0.1) is 15.6 Å². The first kappa shape index (κ1) is 21.6. The highest BCUT2D eigenvalue weighted by molar-refractivity contribution is 7.80. The van der Waals surface area contributed by atoms with Crippen LogP contribution in [0.25, 0.3) is 0 Å². The number of halogens is 6. The SMILES string of the molecule is O=C(NC(=S)Nc1ccc(OC(F)(F)C(F)Cl)c(Cl)c1)c1ccccc1Cl. The number of rotatable bonds is 5. The molecule has 0 spiro atoms. The number of alkyl halides is 4. The topological polar surface area (TPSA) is 50.4 Å². The van der Waals surface area contributed by atoms with Crippen LogP contribution < -0.4 is 15.4 Å². The second-order valence-electron chi connectivity index (χ2n) is 5.00. The third-order valence-corrected chi connectivity index (χ3v) is 4.12. The summed E-state index contributed by atoms with van der Waals surface area (Å²) in [7, 11) is 0. The molecule has 0 heterocycles. The lowest BCUT2D eigenvalue weighted by Crippen LogP contribution is -2.34. The first-order chi connectivity index (χ1) is 12.6. The lowest BCUT2D eigenvalue weighted by molar-refractivity contribution is -0.198. The fourth-order valence-corrected chi connectivity index (χ4v) is 2.53. The van der Waals surface area contributed by atoms with Gasteiger partial charge in [0.15, 0.2) is 5.11 Å². The first-order valence-corrected chi connectivity index (χ1v) is 8.71. The Kier molecular flexibility index (Phi) is 7.16. The first-order valence-electron chi connectivity index (χ1n) is 7.11. The molecule has 0 aliphatic rings. The summed E-state index contributed by atoms with van der Waals surface area (Å²) >= 11 is 21.5. The maximum atomic E-state index is 13.2. The third kappa shape index (κ3) is 5.87. The summed E-state index contributed by atoms with van der Waals surface area (Å²) in [6.45, 7) is 0. The molecule has 11 heteroatoms. The molecule has 0 bridgehead atoms. The smallest absolute Gasteiger partial charge is 0.428 e. The van der Waals surface area contributed by atoms with Gasteiger partial charge < -0.3 is 10.1 Å². The molecular formula is C16H10Cl3F3N2O2S. The van der Waals surface area contributed by atoms with E-state index in [0.717, 1.165) is 6.07 Å². The van der Waals surface area contributed by atoms with Crippen LogP contribution in [0.2, 0.25) is 10.0 Å². The second kappa shape index (κ2) is 8.97. The van der Waals surface area contributed by atoms with Crippen LogP contribution in [0, 0.1) is 0 Å². The van der Waals surface area contributed by atoms with Crippen molar-refractivity contribution in [2.75, 3.05) is 5.32 Å². The monoisotopic (exact) mass is 456 g/mol. The van der Waals surface area contributed by atoms with Gasteiger partial charge in [-0.3, -0.25) is 10.1 Å². The average molecular weight is 458 g/mol. The van der Waals surface area contributed by atoms with E-state index in [1.165, 1.54) is 18.2 Å². The van der Waals surface area contributed by atoms with Gasteiger partial charge in [0.2, 0.25) is 0 Å². The molecular weight excluding hydrogens is 448 g/mol. The highest BCUT2D eigenvalue weighted by Crippen LogP contribution is 2.34. The number of ether oxygens (including phenoxy) is 1. The molecule has 0 radical (unpaired) electrons. The van der Waals surface area contributed by atoms with Gasteiger partial charge in [-0.25, -0.2) is 4.39 Å². The molecule has 1 unspecified atom stereocenters. The van der Waals surface area contributed by atoms with Crippen molar-refractivity contribution in [2.45, 2.75) is 11.7 Å². The van der Waals surface area contributed by atoms with E-state index >= 15 is 0 Å². The summed E-state index contributed by atoms with van der Waals surface area (Å²) in [4.78, 5) is 12.1. The van der Waals surface area contributed by atoms with Crippen molar-refractivity contribution < 1.29 is 22.7 Å². The van der Waals surface area contributed by atoms with Crippen molar-refractivity contribution >= 4 is 63.7 Å². The lowest BCUT2D eigenvalue weighted by Gasteiger charge is -2.19. The maximum Gasteiger partial charge on any atom is 0.444 e. The Morgan fingerprint density at radius 2 is 1.81 bits per heavy atom. The minimum atomic E-state index is -4.25. The summed E-state index contributed by atoms with van der Waals surface area (Å²) in [6, 6.07) is 9.91. The van der Waals surface area contributed by atoms with Crippen LogP contribution in [0.5, 0.6) is 5.75 Å². The Morgan fingerprint density at radius 1 is 1.15 bits per heavy atom. The Morgan fingerprint density at radius 3 is 2.41 bits per heavy atom. The van der Waals surface area contributed by atoms with E-state index in [9.17, 15) is 18.0 Å². The molecule has 1 amide bonds. The van der Waals surface area contributed by atoms with E-state index in [1.807, 2.05) is 0 Å². The zero-order valence-electron chi connectivity index (χ0n) is 13.1. The predicted molar refractivity (Wildman–Crippen MR) is 103 cm³/mol. The highest BCUT2D eigenvalue weighted by atomic mass is 35.5. The molecule has 2 rings (SSSR count). The summed E-state index contributed by atoms with van der Waals surface area (Å²) < 4.78 is 43.1. The minimum absolute atomic E-state index is 0.0837. The summed E-state index contributed by atoms with van der Waals surface area (Å²) in [5.74, 6) is -1.03. The molecule has 0 saturated heterocycles.